The van der Waals surface area contributed by atoms with Gasteiger partial charge in [-0.25, -0.2) is 4.39 Å². The number of rotatable bonds is 0. The Kier molecular flexibility index (Phi) is 1.93. The number of nitrogens with zero attached hydrogens (tertiary/aromatic N) is 1. The SMILES string of the molecule is Cc1ccc2ncc(F)c(Cl)c2c1. The number of hydrogen-bond donors (Lipinski definition) is 0. The zero-order chi connectivity index (χ0) is 9.42. The van der Waals surface area contributed by atoms with Crippen LogP contribution in [0.15, 0.2) is 24.4 Å². The quantitative estimate of drug-likeness (QED) is 0.628. The fourth-order valence-electron chi connectivity index (χ4n) is 1.25. The van der Waals surface area contributed by atoms with Crippen molar-refractivity contribution in [3.63, 3.8) is 0 Å². The Morgan fingerprint density at radius 1 is 1.38 bits per heavy atom. The molecule has 0 aliphatic rings. The van der Waals surface area contributed by atoms with Crippen molar-refractivity contribution >= 4 is 22.5 Å². The zero-order valence-corrected chi connectivity index (χ0v) is 7.77. The van der Waals surface area contributed by atoms with Crippen molar-refractivity contribution < 1.29 is 4.39 Å². The average Bonchev–Trinajstić information content (AvgIpc) is 2.12. The topological polar surface area (TPSA) is 12.9 Å². The van der Waals surface area contributed by atoms with Crippen LogP contribution in [0.25, 0.3) is 10.9 Å². The third-order valence-electron chi connectivity index (χ3n) is 1.92. The van der Waals surface area contributed by atoms with Crippen LogP contribution >= 0.6 is 11.6 Å². The minimum Gasteiger partial charge on any atom is -0.253 e. The molecule has 0 spiro atoms. The molecule has 3 heteroatoms. The minimum absolute atomic E-state index is 0.147. The molecule has 13 heavy (non-hydrogen) atoms. The van der Waals surface area contributed by atoms with Gasteiger partial charge in [0.25, 0.3) is 0 Å². The van der Waals surface area contributed by atoms with E-state index in [1.165, 1.54) is 0 Å². The highest BCUT2D eigenvalue weighted by Crippen LogP contribution is 2.24. The van der Waals surface area contributed by atoms with Crippen molar-refractivity contribution in [2.45, 2.75) is 6.92 Å². The number of benzene rings is 1. The molecular weight excluding hydrogens is 189 g/mol. The van der Waals surface area contributed by atoms with E-state index >= 15 is 0 Å². The van der Waals surface area contributed by atoms with Crippen LogP contribution in [0.1, 0.15) is 5.56 Å². The molecular formula is C10H7ClFN. The van der Waals surface area contributed by atoms with E-state index in [-0.39, 0.29) is 5.02 Å². The summed E-state index contributed by atoms with van der Waals surface area (Å²) in [6.07, 6.45) is 1.14. The van der Waals surface area contributed by atoms with E-state index in [4.69, 9.17) is 11.6 Å². The van der Waals surface area contributed by atoms with Crippen LogP contribution in [0.4, 0.5) is 4.39 Å². The molecule has 2 rings (SSSR count). The first kappa shape index (κ1) is 8.45. The number of aryl methyl sites for hydroxylation is 1. The lowest BCUT2D eigenvalue weighted by Gasteiger charge is -2.01. The predicted octanol–water partition coefficient (Wildman–Crippen LogP) is 3.34. The standard InChI is InChI=1S/C10H7ClFN/c1-6-2-3-9-7(4-6)10(11)8(12)5-13-9/h2-5H,1H3. The molecule has 0 amide bonds. The first-order valence-electron chi connectivity index (χ1n) is 3.89. The Hall–Kier alpha value is -1.15. The van der Waals surface area contributed by atoms with E-state index in [1.807, 2.05) is 25.1 Å². The summed E-state index contributed by atoms with van der Waals surface area (Å²) in [7, 11) is 0. The van der Waals surface area contributed by atoms with Crippen molar-refractivity contribution in [2.24, 2.45) is 0 Å². The minimum atomic E-state index is -0.472. The summed E-state index contributed by atoms with van der Waals surface area (Å²) in [5, 5.41) is 0.815. The van der Waals surface area contributed by atoms with Gasteiger partial charge in [-0.05, 0) is 19.1 Å². The van der Waals surface area contributed by atoms with Crippen molar-refractivity contribution in [2.75, 3.05) is 0 Å². The molecule has 66 valence electrons. The lowest BCUT2D eigenvalue weighted by atomic mass is 10.1. The molecule has 0 aliphatic carbocycles. The van der Waals surface area contributed by atoms with Gasteiger partial charge in [0.15, 0.2) is 5.82 Å². The molecule has 0 saturated carbocycles. The second-order valence-corrected chi connectivity index (χ2v) is 3.32. The third kappa shape index (κ3) is 1.38. The molecule has 0 N–H and O–H groups in total. The normalized spacial score (nSPS) is 10.7. The van der Waals surface area contributed by atoms with E-state index in [9.17, 15) is 4.39 Å². The Morgan fingerprint density at radius 2 is 2.15 bits per heavy atom. The first-order valence-corrected chi connectivity index (χ1v) is 4.26. The summed E-state index contributed by atoms with van der Waals surface area (Å²) < 4.78 is 13.0. The Morgan fingerprint density at radius 3 is 2.92 bits per heavy atom. The maximum absolute atomic E-state index is 13.0. The summed E-state index contributed by atoms with van der Waals surface area (Å²) in [4.78, 5) is 3.92. The van der Waals surface area contributed by atoms with Crippen LogP contribution in [-0.2, 0) is 0 Å². The number of pyridine rings is 1. The number of fused-ring (bicyclic) bond motifs is 1. The van der Waals surface area contributed by atoms with Gasteiger partial charge in [-0.3, -0.25) is 4.98 Å². The van der Waals surface area contributed by atoms with Crippen LogP contribution in [0, 0.1) is 12.7 Å². The molecule has 1 heterocycles. The van der Waals surface area contributed by atoms with Gasteiger partial charge in [-0.2, -0.15) is 0 Å². The summed E-state index contributed by atoms with van der Waals surface area (Å²) in [5.74, 6) is -0.472. The molecule has 1 aromatic heterocycles. The van der Waals surface area contributed by atoms with Gasteiger partial charge >= 0.3 is 0 Å². The highest BCUT2D eigenvalue weighted by molar-refractivity contribution is 6.35. The van der Waals surface area contributed by atoms with Crippen molar-refractivity contribution in [1.82, 2.24) is 4.98 Å². The number of hydrogen-bond acceptors (Lipinski definition) is 1. The Balaban J connectivity index is 2.89. The summed E-state index contributed by atoms with van der Waals surface area (Å²) in [6.45, 7) is 1.93. The van der Waals surface area contributed by atoms with Gasteiger partial charge in [0.2, 0.25) is 0 Å². The van der Waals surface area contributed by atoms with Crippen LogP contribution in [0.3, 0.4) is 0 Å². The highest BCUT2D eigenvalue weighted by Gasteiger charge is 2.05. The van der Waals surface area contributed by atoms with Crippen LogP contribution in [0.5, 0.6) is 0 Å². The van der Waals surface area contributed by atoms with Gasteiger partial charge in [0.05, 0.1) is 16.7 Å². The van der Waals surface area contributed by atoms with Crippen molar-refractivity contribution in [3.8, 4) is 0 Å². The number of aromatic nitrogens is 1. The molecule has 0 aliphatic heterocycles. The molecule has 0 fully saturated rings. The molecule has 2 aromatic rings. The lowest BCUT2D eigenvalue weighted by Crippen LogP contribution is -1.85. The van der Waals surface area contributed by atoms with Gasteiger partial charge < -0.3 is 0 Å². The average molecular weight is 196 g/mol. The predicted molar refractivity (Wildman–Crippen MR) is 51.4 cm³/mol. The second kappa shape index (κ2) is 2.96. The molecule has 0 saturated heterocycles. The second-order valence-electron chi connectivity index (χ2n) is 2.94. The zero-order valence-electron chi connectivity index (χ0n) is 7.01. The van der Waals surface area contributed by atoms with Crippen molar-refractivity contribution in [1.29, 1.82) is 0 Å². The Labute approximate surface area is 80.2 Å². The highest BCUT2D eigenvalue weighted by atomic mass is 35.5. The third-order valence-corrected chi connectivity index (χ3v) is 2.30. The van der Waals surface area contributed by atoms with E-state index in [2.05, 4.69) is 4.98 Å². The van der Waals surface area contributed by atoms with Gasteiger partial charge in [-0.1, -0.05) is 23.2 Å². The molecule has 0 atom stereocenters. The van der Waals surface area contributed by atoms with E-state index < -0.39 is 5.82 Å². The maximum Gasteiger partial charge on any atom is 0.160 e. The van der Waals surface area contributed by atoms with Gasteiger partial charge in [0, 0.05) is 5.39 Å². The fourth-order valence-corrected chi connectivity index (χ4v) is 1.45. The molecule has 1 nitrogen and oxygen atoms in total. The van der Waals surface area contributed by atoms with E-state index in [1.54, 1.807) is 0 Å². The number of halogens is 2. The largest absolute Gasteiger partial charge is 0.253 e. The van der Waals surface area contributed by atoms with Gasteiger partial charge in [-0.15, -0.1) is 0 Å². The van der Waals surface area contributed by atoms with Gasteiger partial charge in [0.1, 0.15) is 0 Å². The molecule has 0 radical (unpaired) electrons. The summed E-state index contributed by atoms with van der Waals surface area (Å²) in [6, 6.07) is 5.58. The molecule has 0 unspecified atom stereocenters. The summed E-state index contributed by atoms with van der Waals surface area (Å²) in [5.41, 5.74) is 1.76. The van der Waals surface area contributed by atoms with Crippen LogP contribution in [0.2, 0.25) is 5.02 Å². The van der Waals surface area contributed by atoms with E-state index in [0.29, 0.717) is 5.39 Å². The van der Waals surface area contributed by atoms with Crippen molar-refractivity contribution in [3.05, 3.63) is 40.8 Å². The monoisotopic (exact) mass is 195 g/mol. The fraction of sp³-hybridized carbons (Fsp3) is 0.100. The lowest BCUT2D eigenvalue weighted by molar-refractivity contribution is 0.624. The Bertz CT molecular complexity index is 462. The molecule has 0 bridgehead atoms. The smallest absolute Gasteiger partial charge is 0.160 e. The first-order chi connectivity index (χ1) is 6.18. The van der Waals surface area contributed by atoms with Crippen LogP contribution in [-0.4, -0.2) is 4.98 Å². The maximum atomic E-state index is 13.0. The molecule has 1 aromatic carbocycles. The summed E-state index contributed by atoms with van der Waals surface area (Å²) >= 11 is 5.78. The van der Waals surface area contributed by atoms with Crippen LogP contribution < -0.4 is 0 Å². The van der Waals surface area contributed by atoms with E-state index in [0.717, 1.165) is 17.3 Å².